The van der Waals surface area contributed by atoms with Gasteiger partial charge in [-0.15, -0.1) is 0 Å². The van der Waals surface area contributed by atoms with Crippen molar-refractivity contribution in [2.24, 2.45) is 5.92 Å². The Morgan fingerprint density at radius 1 is 1.35 bits per heavy atom. The number of carbonyl (C=O) groups excluding carboxylic acids is 2. The molecular formula is C17H21ClFNO3. The van der Waals surface area contributed by atoms with Crippen LogP contribution in [0.1, 0.15) is 49.9 Å². The van der Waals surface area contributed by atoms with Crippen molar-refractivity contribution >= 4 is 23.5 Å². The summed E-state index contributed by atoms with van der Waals surface area (Å²) < 4.78 is 18.8. The van der Waals surface area contributed by atoms with Crippen LogP contribution in [-0.2, 0) is 9.53 Å². The number of hydrogen-bond acceptors (Lipinski definition) is 3. The first-order valence-electron chi connectivity index (χ1n) is 7.85. The van der Waals surface area contributed by atoms with Gasteiger partial charge in [0.1, 0.15) is 5.82 Å². The summed E-state index contributed by atoms with van der Waals surface area (Å²) in [5.41, 5.74) is -0.236. The first-order valence-corrected chi connectivity index (χ1v) is 8.22. The zero-order valence-electron chi connectivity index (χ0n) is 13.3. The molecule has 0 heterocycles. The molecule has 1 aromatic carbocycles. The van der Waals surface area contributed by atoms with Gasteiger partial charge >= 0.3 is 5.97 Å². The first-order chi connectivity index (χ1) is 10.9. The van der Waals surface area contributed by atoms with Crippen molar-refractivity contribution in [3.05, 3.63) is 34.6 Å². The standard InChI is InChI=1S/C17H21ClFNO3/c1-10-5-3-4-6-15(10)20-16(21)11(2)23-17(22)13-8-7-12(18)9-14(13)19/h7-11,15H,3-6H2,1-2H3,(H,20,21)/t10-,11-,15-/m1/s1. The number of carbonyl (C=O) groups is 2. The summed E-state index contributed by atoms with van der Waals surface area (Å²) in [6, 6.07) is 3.78. The number of nitrogens with one attached hydrogen (secondary N) is 1. The molecule has 1 aliphatic rings. The fraction of sp³-hybridized carbons (Fsp3) is 0.529. The molecule has 1 amide bonds. The van der Waals surface area contributed by atoms with Crippen LogP contribution in [0, 0.1) is 11.7 Å². The fourth-order valence-electron chi connectivity index (χ4n) is 2.76. The Kier molecular flexibility index (Phi) is 5.99. The third-order valence-electron chi connectivity index (χ3n) is 4.24. The Morgan fingerprint density at radius 3 is 2.70 bits per heavy atom. The predicted octanol–water partition coefficient (Wildman–Crippen LogP) is 3.72. The van der Waals surface area contributed by atoms with Crippen LogP contribution in [0.3, 0.4) is 0 Å². The molecule has 3 atom stereocenters. The van der Waals surface area contributed by atoms with Crippen LogP contribution < -0.4 is 5.32 Å². The number of benzene rings is 1. The molecule has 0 radical (unpaired) electrons. The molecule has 0 saturated heterocycles. The summed E-state index contributed by atoms with van der Waals surface area (Å²) in [6.45, 7) is 3.58. The summed E-state index contributed by atoms with van der Waals surface area (Å²) >= 11 is 5.64. The largest absolute Gasteiger partial charge is 0.449 e. The van der Waals surface area contributed by atoms with E-state index in [9.17, 15) is 14.0 Å². The molecule has 1 aromatic rings. The van der Waals surface area contributed by atoms with E-state index in [2.05, 4.69) is 12.2 Å². The number of hydrogen-bond donors (Lipinski definition) is 1. The summed E-state index contributed by atoms with van der Waals surface area (Å²) in [4.78, 5) is 24.1. The van der Waals surface area contributed by atoms with Gasteiger partial charge < -0.3 is 10.1 Å². The molecule has 1 N–H and O–H groups in total. The second-order valence-corrected chi connectivity index (χ2v) is 6.48. The molecule has 126 valence electrons. The quantitative estimate of drug-likeness (QED) is 0.849. The molecule has 23 heavy (non-hydrogen) atoms. The smallest absolute Gasteiger partial charge is 0.341 e. The molecule has 0 aliphatic heterocycles. The van der Waals surface area contributed by atoms with Crippen molar-refractivity contribution in [3.63, 3.8) is 0 Å². The Bertz CT molecular complexity index is 593. The highest BCUT2D eigenvalue weighted by Gasteiger charge is 2.27. The van der Waals surface area contributed by atoms with E-state index >= 15 is 0 Å². The summed E-state index contributed by atoms with van der Waals surface area (Å²) in [5.74, 6) is -1.59. The van der Waals surface area contributed by atoms with Gasteiger partial charge in [-0.1, -0.05) is 31.4 Å². The molecule has 2 rings (SSSR count). The molecule has 4 nitrogen and oxygen atoms in total. The van der Waals surface area contributed by atoms with E-state index in [-0.39, 0.29) is 22.5 Å². The lowest BCUT2D eigenvalue weighted by Crippen LogP contribution is -2.46. The van der Waals surface area contributed by atoms with E-state index < -0.39 is 17.9 Å². The maximum Gasteiger partial charge on any atom is 0.341 e. The van der Waals surface area contributed by atoms with Crippen LogP contribution in [0.25, 0.3) is 0 Å². The average Bonchev–Trinajstić information content (AvgIpc) is 2.49. The first kappa shape index (κ1) is 17.7. The third kappa shape index (κ3) is 4.67. The number of halogens is 2. The Labute approximate surface area is 140 Å². The Balaban J connectivity index is 1.93. The molecule has 0 unspecified atom stereocenters. The maximum atomic E-state index is 13.7. The van der Waals surface area contributed by atoms with Crippen molar-refractivity contribution in [3.8, 4) is 0 Å². The summed E-state index contributed by atoms with van der Waals surface area (Å²) in [7, 11) is 0. The van der Waals surface area contributed by atoms with E-state index in [4.69, 9.17) is 16.3 Å². The van der Waals surface area contributed by atoms with Gasteiger partial charge in [0.05, 0.1) is 5.56 Å². The zero-order valence-corrected chi connectivity index (χ0v) is 14.0. The number of rotatable bonds is 4. The molecule has 0 bridgehead atoms. The highest BCUT2D eigenvalue weighted by molar-refractivity contribution is 6.30. The minimum absolute atomic E-state index is 0.102. The molecule has 1 fully saturated rings. The third-order valence-corrected chi connectivity index (χ3v) is 4.48. The van der Waals surface area contributed by atoms with Gasteiger partial charge in [0.25, 0.3) is 5.91 Å². The number of esters is 1. The van der Waals surface area contributed by atoms with Crippen LogP contribution in [0.4, 0.5) is 4.39 Å². The van der Waals surface area contributed by atoms with Gasteiger partial charge in [-0.25, -0.2) is 9.18 Å². The second kappa shape index (κ2) is 7.77. The predicted molar refractivity (Wildman–Crippen MR) is 85.9 cm³/mol. The second-order valence-electron chi connectivity index (χ2n) is 6.05. The van der Waals surface area contributed by atoms with E-state index in [0.717, 1.165) is 25.3 Å². The highest BCUT2D eigenvalue weighted by atomic mass is 35.5. The van der Waals surface area contributed by atoms with Crippen molar-refractivity contribution in [1.29, 1.82) is 0 Å². The monoisotopic (exact) mass is 341 g/mol. The zero-order chi connectivity index (χ0) is 17.0. The van der Waals surface area contributed by atoms with Gasteiger partial charge in [0.2, 0.25) is 0 Å². The maximum absolute atomic E-state index is 13.7. The van der Waals surface area contributed by atoms with Crippen LogP contribution in [0.2, 0.25) is 5.02 Å². The number of ether oxygens (including phenoxy) is 1. The topological polar surface area (TPSA) is 55.4 Å². The van der Waals surface area contributed by atoms with Gasteiger partial charge in [-0.05, 0) is 43.9 Å². The van der Waals surface area contributed by atoms with E-state index in [0.29, 0.717) is 5.92 Å². The van der Waals surface area contributed by atoms with Crippen LogP contribution in [-0.4, -0.2) is 24.0 Å². The SMILES string of the molecule is C[C@@H]1CCCC[C@H]1NC(=O)[C@@H](C)OC(=O)c1ccc(Cl)cc1F. The lowest BCUT2D eigenvalue weighted by atomic mass is 9.86. The fourth-order valence-corrected chi connectivity index (χ4v) is 2.92. The van der Waals surface area contributed by atoms with E-state index in [1.54, 1.807) is 0 Å². The van der Waals surface area contributed by atoms with Gasteiger partial charge in [0, 0.05) is 11.1 Å². The Morgan fingerprint density at radius 2 is 2.04 bits per heavy atom. The van der Waals surface area contributed by atoms with Crippen molar-refractivity contribution in [2.45, 2.75) is 51.7 Å². The molecule has 1 saturated carbocycles. The summed E-state index contributed by atoms with van der Waals surface area (Å²) in [5, 5.41) is 3.11. The lowest BCUT2D eigenvalue weighted by molar-refractivity contribution is -0.130. The molecule has 6 heteroatoms. The molecular weight excluding hydrogens is 321 g/mol. The minimum atomic E-state index is -0.980. The molecule has 0 aromatic heterocycles. The van der Waals surface area contributed by atoms with Crippen LogP contribution in [0.15, 0.2) is 18.2 Å². The van der Waals surface area contributed by atoms with Crippen LogP contribution in [0.5, 0.6) is 0 Å². The number of amides is 1. The minimum Gasteiger partial charge on any atom is -0.449 e. The molecule has 0 spiro atoms. The summed E-state index contributed by atoms with van der Waals surface area (Å²) in [6.07, 6.45) is 3.29. The average molecular weight is 342 g/mol. The normalized spacial score (nSPS) is 22.3. The molecule has 1 aliphatic carbocycles. The van der Waals surface area contributed by atoms with Crippen molar-refractivity contribution in [1.82, 2.24) is 5.32 Å². The van der Waals surface area contributed by atoms with Crippen molar-refractivity contribution in [2.75, 3.05) is 0 Å². The highest BCUT2D eigenvalue weighted by Crippen LogP contribution is 2.24. The lowest BCUT2D eigenvalue weighted by Gasteiger charge is -2.30. The van der Waals surface area contributed by atoms with Gasteiger partial charge in [0.15, 0.2) is 6.10 Å². The van der Waals surface area contributed by atoms with Crippen LogP contribution >= 0.6 is 11.6 Å². The Hall–Kier alpha value is -1.62. The van der Waals surface area contributed by atoms with Gasteiger partial charge in [-0.2, -0.15) is 0 Å². The van der Waals surface area contributed by atoms with E-state index in [1.165, 1.54) is 25.5 Å². The van der Waals surface area contributed by atoms with Crippen molar-refractivity contribution < 1.29 is 18.7 Å². The van der Waals surface area contributed by atoms with Gasteiger partial charge in [-0.3, -0.25) is 4.79 Å². The van der Waals surface area contributed by atoms with E-state index in [1.807, 2.05) is 0 Å².